The summed E-state index contributed by atoms with van der Waals surface area (Å²) in [6.45, 7) is 8.12. The first-order valence-electron chi connectivity index (χ1n) is 12.2. The van der Waals surface area contributed by atoms with Gasteiger partial charge in [0, 0.05) is 38.3 Å². The van der Waals surface area contributed by atoms with E-state index in [9.17, 15) is 9.59 Å². The van der Waals surface area contributed by atoms with Crippen LogP contribution in [0.1, 0.15) is 51.9 Å². The number of nitrogens with zero attached hydrogens (tertiary/aromatic N) is 4. The normalized spacial score (nSPS) is 26.2. The van der Waals surface area contributed by atoms with Gasteiger partial charge >= 0.3 is 12.2 Å². The third-order valence-corrected chi connectivity index (χ3v) is 7.16. The summed E-state index contributed by atoms with van der Waals surface area (Å²) in [5.74, 6) is 0.571. The highest BCUT2D eigenvalue weighted by atomic mass is 16.6. The molecule has 0 aromatic carbocycles. The molecule has 0 aromatic heterocycles. The standard InChI is InChI=1S/C23H42N4O4/c1-4-30-22(28)26-12-5-7-20(11-16-26)25-14-9-19(10-15-25)21-8-6-13-27(21)23(29)31-18-17-24(2)3/h19-21H,4-18H2,1-3H3. The fourth-order valence-corrected chi connectivity index (χ4v) is 5.42. The lowest BCUT2D eigenvalue weighted by Crippen LogP contribution is -2.47. The number of amides is 2. The summed E-state index contributed by atoms with van der Waals surface area (Å²) >= 11 is 0. The lowest BCUT2D eigenvalue weighted by Gasteiger charge is -2.40. The van der Waals surface area contributed by atoms with Crippen molar-refractivity contribution in [2.24, 2.45) is 5.92 Å². The van der Waals surface area contributed by atoms with Crippen LogP contribution in [0, 0.1) is 5.92 Å². The number of ether oxygens (including phenoxy) is 2. The highest BCUT2D eigenvalue weighted by Gasteiger charge is 2.38. The van der Waals surface area contributed by atoms with Gasteiger partial charge in [0.25, 0.3) is 0 Å². The maximum Gasteiger partial charge on any atom is 0.410 e. The monoisotopic (exact) mass is 438 g/mol. The summed E-state index contributed by atoms with van der Waals surface area (Å²) in [7, 11) is 3.98. The largest absolute Gasteiger partial charge is 0.450 e. The summed E-state index contributed by atoms with van der Waals surface area (Å²) in [5, 5.41) is 0. The molecule has 2 unspecified atom stereocenters. The fourth-order valence-electron chi connectivity index (χ4n) is 5.42. The predicted octanol–water partition coefficient (Wildman–Crippen LogP) is 2.87. The van der Waals surface area contributed by atoms with Crippen molar-refractivity contribution < 1.29 is 19.1 Å². The van der Waals surface area contributed by atoms with Crippen LogP contribution < -0.4 is 0 Å². The van der Waals surface area contributed by atoms with E-state index in [2.05, 4.69) is 4.90 Å². The molecule has 3 fully saturated rings. The highest BCUT2D eigenvalue weighted by Crippen LogP contribution is 2.33. The molecule has 2 atom stereocenters. The third kappa shape index (κ3) is 6.72. The molecule has 0 aliphatic carbocycles. The van der Waals surface area contributed by atoms with E-state index in [4.69, 9.17) is 9.47 Å². The molecule has 8 nitrogen and oxygen atoms in total. The van der Waals surface area contributed by atoms with Gasteiger partial charge in [0.1, 0.15) is 6.61 Å². The molecule has 0 aromatic rings. The minimum Gasteiger partial charge on any atom is -0.450 e. The summed E-state index contributed by atoms with van der Waals surface area (Å²) in [6.07, 6.45) is 7.39. The van der Waals surface area contributed by atoms with Crippen LogP contribution in [-0.4, -0.2) is 110 Å². The van der Waals surface area contributed by atoms with E-state index in [-0.39, 0.29) is 12.2 Å². The number of piperidine rings is 1. The second kappa shape index (κ2) is 11.9. The third-order valence-electron chi connectivity index (χ3n) is 7.16. The number of hydrogen-bond acceptors (Lipinski definition) is 6. The molecule has 3 heterocycles. The molecule has 3 aliphatic rings. The average Bonchev–Trinajstić information content (AvgIpc) is 3.11. The predicted molar refractivity (Wildman–Crippen MR) is 120 cm³/mol. The molecule has 0 bridgehead atoms. The van der Waals surface area contributed by atoms with Gasteiger partial charge in [-0.15, -0.1) is 0 Å². The van der Waals surface area contributed by atoms with Crippen molar-refractivity contribution in [3.63, 3.8) is 0 Å². The number of carbonyl (C=O) groups excluding carboxylic acids is 2. The fraction of sp³-hybridized carbons (Fsp3) is 0.913. The van der Waals surface area contributed by atoms with Crippen LogP contribution in [0.2, 0.25) is 0 Å². The Hall–Kier alpha value is -1.54. The van der Waals surface area contributed by atoms with Crippen molar-refractivity contribution in [3.05, 3.63) is 0 Å². The molecule has 0 spiro atoms. The second-order valence-corrected chi connectivity index (χ2v) is 9.46. The van der Waals surface area contributed by atoms with E-state index in [1.165, 1.54) is 0 Å². The Morgan fingerprint density at radius 3 is 2.32 bits per heavy atom. The topological polar surface area (TPSA) is 65.6 Å². The lowest BCUT2D eigenvalue weighted by atomic mass is 9.87. The summed E-state index contributed by atoms with van der Waals surface area (Å²) < 4.78 is 10.7. The van der Waals surface area contributed by atoms with Gasteiger partial charge in [-0.1, -0.05) is 0 Å². The second-order valence-electron chi connectivity index (χ2n) is 9.46. The quantitative estimate of drug-likeness (QED) is 0.635. The van der Waals surface area contributed by atoms with Gasteiger partial charge in [0.15, 0.2) is 0 Å². The van der Waals surface area contributed by atoms with Gasteiger partial charge in [-0.25, -0.2) is 9.59 Å². The van der Waals surface area contributed by atoms with Crippen LogP contribution in [0.15, 0.2) is 0 Å². The van der Waals surface area contributed by atoms with Gasteiger partial charge in [0.05, 0.1) is 6.61 Å². The van der Waals surface area contributed by atoms with Gasteiger partial charge < -0.3 is 29.1 Å². The van der Waals surface area contributed by atoms with Crippen LogP contribution in [0.4, 0.5) is 9.59 Å². The first-order chi connectivity index (χ1) is 15.0. The molecule has 3 saturated heterocycles. The van der Waals surface area contributed by atoms with Gasteiger partial charge in [0.2, 0.25) is 0 Å². The van der Waals surface area contributed by atoms with E-state index in [1.54, 1.807) is 0 Å². The summed E-state index contributed by atoms with van der Waals surface area (Å²) in [5.41, 5.74) is 0. The first-order valence-corrected chi connectivity index (χ1v) is 12.2. The SMILES string of the molecule is CCOC(=O)N1CCCC(N2CCC(C3CCCN3C(=O)OCCN(C)C)CC2)CC1. The Bertz CT molecular complexity index is 580. The Morgan fingerprint density at radius 1 is 0.871 bits per heavy atom. The average molecular weight is 439 g/mol. The van der Waals surface area contributed by atoms with Crippen LogP contribution >= 0.6 is 0 Å². The zero-order valence-corrected chi connectivity index (χ0v) is 19.8. The maximum atomic E-state index is 12.6. The zero-order chi connectivity index (χ0) is 22.2. The Kier molecular flexibility index (Phi) is 9.26. The van der Waals surface area contributed by atoms with Crippen molar-refractivity contribution in [1.82, 2.24) is 19.6 Å². The highest BCUT2D eigenvalue weighted by molar-refractivity contribution is 5.68. The van der Waals surface area contributed by atoms with Gasteiger partial charge in [-0.3, -0.25) is 0 Å². The number of hydrogen-bond donors (Lipinski definition) is 0. The Morgan fingerprint density at radius 2 is 1.61 bits per heavy atom. The molecular weight excluding hydrogens is 396 g/mol. The Balaban J connectivity index is 1.44. The molecule has 2 amide bonds. The number of rotatable bonds is 6. The summed E-state index contributed by atoms with van der Waals surface area (Å²) in [6, 6.07) is 0.888. The Labute approximate surface area is 187 Å². The minimum atomic E-state index is -0.166. The lowest BCUT2D eigenvalue weighted by molar-refractivity contribution is 0.0589. The van der Waals surface area contributed by atoms with Gasteiger partial charge in [-0.2, -0.15) is 0 Å². The van der Waals surface area contributed by atoms with Crippen LogP contribution in [0.5, 0.6) is 0 Å². The zero-order valence-electron chi connectivity index (χ0n) is 19.8. The van der Waals surface area contributed by atoms with Gasteiger partial charge in [-0.05, 0) is 85.0 Å². The number of likely N-dealkylation sites (tertiary alicyclic amines) is 3. The molecule has 3 rings (SSSR count). The van der Waals surface area contributed by atoms with E-state index < -0.39 is 0 Å². The van der Waals surface area contributed by atoms with Crippen molar-refractivity contribution in [2.75, 3.05) is 66.6 Å². The first kappa shape index (κ1) is 24.1. The summed E-state index contributed by atoms with van der Waals surface area (Å²) in [4.78, 5) is 33.2. The van der Waals surface area contributed by atoms with E-state index in [1.807, 2.05) is 35.7 Å². The molecule has 8 heteroatoms. The molecular formula is C23H42N4O4. The molecule has 0 N–H and O–H groups in total. The molecule has 178 valence electrons. The van der Waals surface area contributed by atoms with E-state index in [0.717, 1.165) is 84.2 Å². The molecule has 3 aliphatic heterocycles. The van der Waals surface area contributed by atoms with Crippen LogP contribution in [0.25, 0.3) is 0 Å². The minimum absolute atomic E-state index is 0.130. The van der Waals surface area contributed by atoms with Crippen LogP contribution in [0.3, 0.4) is 0 Å². The smallest absolute Gasteiger partial charge is 0.410 e. The number of carbonyl (C=O) groups is 2. The van der Waals surface area contributed by atoms with Crippen molar-refractivity contribution >= 4 is 12.2 Å². The van der Waals surface area contributed by atoms with E-state index in [0.29, 0.717) is 31.2 Å². The molecule has 31 heavy (non-hydrogen) atoms. The van der Waals surface area contributed by atoms with Crippen molar-refractivity contribution in [3.8, 4) is 0 Å². The molecule has 0 radical (unpaired) electrons. The number of likely N-dealkylation sites (N-methyl/N-ethyl adjacent to an activating group) is 1. The van der Waals surface area contributed by atoms with Crippen LogP contribution in [-0.2, 0) is 9.47 Å². The molecule has 0 saturated carbocycles. The maximum absolute atomic E-state index is 12.6. The van der Waals surface area contributed by atoms with E-state index >= 15 is 0 Å². The van der Waals surface area contributed by atoms with Crippen molar-refractivity contribution in [2.45, 2.75) is 64.0 Å². The van der Waals surface area contributed by atoms with Crippen molar-refractivity contribution in [1.29, 1.82) is 0 Å².